The highest BCUT2D eigenvalue weighted by Crippen LogP contribution is 2.24. The molecule has 0 aromatic carbocycles. The van der Waals surface area contributed by atoms with Crippen LogP contribution >= 0.6 is 11.6 Å². The molecule has 1 rings (SSSR count). The van der Waals surface area contributed by atoms with Gasteiger partial charge in [-0.3, -0.25) is 0 Å². The van der Waals surface area contributed by atoms with Crippen molar-refractivity contribution in [3.8, 4) is 11.9 Å². The number of nitrogens with zero attached hydrogens (tertiary/aromatic N) is 2. The van der Waals surface area contributed by atoms with Crippen LogP contribution in [0.15, 0.2) is 24.9 Å². The Balaban J connectivity index is 2.77. The molecular weight excluding hydrogens is 200 g/mol. The fourth-order valence-electron chi connectivity index (χ4n) is 0.850. The molecule has 14 heavy (non-hydrogen) atoms. The fourth-order valence-corrected chi connectivity index (χ4v) is 1.06. The summed E-state index contributed by atoms with van der Waals surface area (Å²) in [6.07, 6.45) is 3.95. The van der Waals surface area contributed by atoms with Gasteiger partial charge in [-0.2, -0.15) is 5.26 Å². The van der Waals surface area contributed by atoms with Crippen molar-refractivity contribution in [3.63, 3.8) is 0 Å². The second-order valence-corrected chi connectivity index (χ2v) is 2.89. The fraction of sp³-hybridized carbons (Fsp3) is 0.200. The van der Waals surface area contributed by atoms with Crippen LogP contribution < -0.4 is 4.74 Å². The van der Waals surface area contributed by atoms with Gasteiger partial charge in [-0.05, 0) is 12.5 Å². The van der Waals surface area contributed by atoms with E-state index in [2.05, 4.69) is 11.6 Å². The maximum Gasteiger partial charge on any atom is 0.233 e. The van der Waals surface area contributed by atoms with Crippen LogP contribution in [0.2, 0.25) is 5.02 Å². The third-order valence-corrected chi connectivity index (χ3v) is 1.90. The normalized spacial score (nSPS) is 9.14. The first-order valence-corrected chi connectivity index (χ1v) is 4.45. The Kier molecular flexibility index (Phi) is 3.96. The second kappa shape index (κ2) is 5.25. The lowest BCUT2D eigenvalue weighted by Gasteiger charge is -2.05. The molecule has 0 amide bonds. The number of aromatic nitrogens is 1. The van der Waals surface area contributed by atoms with Crippen LogP contribution in [0, 0.1) is 11.3 Å². The van der Waals surface area contributed by atoms with Crippen LogP contribution in [0.4, 0.5) is 0 Å². The number of hydrogen-bond donors (Lipinski definition) is 0. The minimum absolute atomic E-state index is 0.263. The Labute approximate surface area is 87.6 Å². The molecule has 0 aliphatic rings. The minimum atomic E-state index is 0.263. The lowest BCUT2D eigenvalue weighted by molar-refractivity contribution is 0.312. The van der Waals surface area contributed by atoms with Gasteiger partial charge in [-0.25, -0.2) is 4.98 Å². The summed E-state index contributed by atoms with van der Waals surface area (Å²) in [4.78, 5) is 3.92. The van der Waals surface area contributed by atoms with E-state index in [9.17, 15) is 0 Å². The van der Waals surface area contributed by atoms with Crippen molar-refractivity contribution in [2.45, 2.75) is 6.42 Å². The predicted molar refractivity (Wildman–Crippen MR) is 54.3 cm³/mol. The van der Waals surface area contributed by atoms with Crippen molar-refractivity contribution in [1.82, 2.24) is 4.98 Å². The first kappa shape index (κ1) is 10.6. The molecule has 1 aromatic heterocycles. The summed E-state index contributed by atoms with van der Waals surface area (Å²) >= 11 is 5.85. The SMILES string of the molecule is C=CCCOc1nccc(C#N)c1Cl. The van der Waals surface area contributed by atoms with Gasteiger partial charge >= 0.3 is 0 Å². The number of halogens is 1. The molecule has 0 atom stereocenters. The van der Waals surface area contributed by atoms with E-state index < -0.39 is 0 Å². The largest absolute Gasteiger partial charge is 0.476 e. The van der Waals surface area contributed by atoms with Gasteiger partial charge in [0.1, 0.15) is 11.1 Å². The molecule has 4 heteroatoms. The first-order chi connectivity index (χ1) is 6.79. The van der Waals surface area contributed by atoms with Gasteiger partial charge in [0.05, 0.1) is 12.2 Å². The van der Waals surface area contributed by atoms with E-state index in [1.165, 1.54) is 6.20 Å². The van der Waals surface area contributed by atoms with Gasteiger partial charge in [-0.15, -0.1) is 6.58 Å². The molecule has 0 aliphatic carbocycles. The predicted octanol–water partition coefficient (Wildman–Crippen LogP) is 2.56. The lowest BCUT2D eigenvalue weighted by atomic mass is 10.3. The molecule has 0 saturated carbocycles. The molecule has 0 bridgehead atoms. The standard InChI is InChI=1S/C10H9ClN2O/c1-2-3-6-14-10-9(11)8(7-12)4-5-13-10/h2,4-5H,1,3,6H2. The molecule has 0 fully saturated rings. The highest BCUT2D eigenvalue weighted by Gasteiger charge is 2.07. The van der Waals surface area contributed by atoms with Gasteiger partial charge in [0.15, 0.2) is 0 Å². The molecule has 0 N–H and O–H groups in total. The average Bonchev–Trinajstić information content (AvgIpc) is 2.21. The number of nitriles is 1. The van der Waals surface area contributed by atoms with Crippen molar-refractivity contribution in [1.29, 1.82) is 5.26 Å². The van der Waals surface area contributed by atoms with Crippen LogP contribution in [0.3, 0.4) is 0 Å². The van der Waals surface area contributed by atoms with Crippen LogP contribution in [-0.4, -0.2) is 11.6 Å². The maximum atomic E-state index is 8.68. The molecule has 0 aliphatic heterocycles. The summed E-state index contributed by atoms with van der Waals surface area (Å²) in [7, 11) is 0. The quantitative estimate of drug-likeness (QED) is 0.564. The van der Waals surface area contributed by atoms with Crippen LogP contribution in [0.25, 0.3) is 0 Å². The third kappa shape index (κ3) is 2.48. The Bertz CT molecular complexity index is 371. The molecule has 0 saturated heterocycles. The van der Waals surface area contributed by atoms with E-state index in [4.69, 9.17) is 21.6 Å². The molecule has 1 aromatic rings. The van der Waals surface area contributed by atoms with Gasteiger partial charge in [0, 0.05) is 6.20 Å². The first-order valence-electron chi connectivity index (χ1n) is 4.08. The highest BCUT2D eigenvalue weighted by atomic mass is 35.5. The Hall–Kier alpha value is -1.53. The second-order valence-electron chi connectivity index (χ2n) is 2.52. The summed E-state index contributed by atoms with van der Waals surface area (Å²) in [6, 6.07) is 3.50. The molecule has 0 spiro atoms. The van der Waals surface area contributed by atoms with E-state index in [1.54, 1.807) is 12.1 Å². The van der Waals surface area contributed by atoms with E-state index >= 15 is 0 Å². The molecule has 1 heterocycles. The highest BCUT2D eigenvalue weighted by molar-refractivity contribution is 6.32. The van der Waals surface area contributed by atoms with Gasteiger partial charge in [-0.1, -0.05) is 17.7 Å². The number of ether oxygens (including phenoxy) is 1. The molecular formula is C10H9ClN2O. The third-order valence-electron chi connectivity index (χ3n) is 1.54. The molecule has 0 radical (unpaired) electrons. The topological polar surface area (TPSA) is 45.9 Å². The Morgan fingerprint density at radius 2 is 2.50 bits per heavy atom. The van der Waals surface area contributed by atoms with Crippen molar-refractivity contribution in [2.24, 2.45) is 0 Å². The number of rotatable bonds is 4. The van der Waals surface area contributed by atoms with E-state index in [0.29, 0.717) is 18.1 Å². The van der Waals surface area contributed by atoms with Crippen molar-refractivity contribution >= 4 is 11.6 Å². The monoisotopic (exact) mass is 208 g/mol. The van der Waals surface area contributed by atoms with Crippen LogP contribution in [0.5, 0.6) is 5.88 Å². The van der Waals surface area contributed by atoms with Crippen LogP contribution in [-0.2, 0) is 0 Å². The molecule has 72 valence electrons. The number of pyridine rings is 1. The maximum absolute atomic E-state index is 8.68. The van der Waals surface area contributed by atoms with E-state index in [1.807, 2.05) is 6.07 Å². The zero-order valence-corrected chi connectivity index (χ0v) is 8.29. The molecule has 3 nitrogen and oxygen atoms in total. The van der Waals surface area contributed by atoms with Crippen molar-refractivity contribution < 1.29 is 4.74 Å². The van der Waals surface area contributed by atoms with Gasteiger partial charge in [0.25, 0.3) is 0 Å². The summed E-state index contributed by atoms with van der Waals surface area (Å²) < 4.78 is 5.25. The molecule has 0 unspecified atom stereocenters. The zero-order valence-electron chi connectivity index (χ0n) is 7.53. The van der Waals surface area contributed by atoms with Crippen molar-refractivity contribution in [2.75, 3.05) is 6.61 Å². The van der Waals surface area contributed by atoms with Gasteiger partial charge < -0.3 is 4.74 Å². The summed E-state index contributed by atoms with van der Waals surface area (Å²) in [5, 5.41) is 8.94. The summed E-state index contributed by atoms with van der Waals surface area (Å²) in [5.41, 5.74) is 0.371. The smallest absolute Gasteiger partial charge is 0.233 e. The zero-order chi connectivity index (χ0) is 10.4. The average molecular weight is 209 g/mol. The van der Waals surface area contributed by atoms with E-state index in [0.717, 1.165) is 6.42 Å². The Morgan fingerprint density at radius 3 is 3.14 bits per heavy atom. The summed E-state index contributed by atoms with van der Waals surface area (Å²) in [6.45, 7) is 4.03. The van der Waals surface area contributed by atoms with Crippen LogP contribution in [0.1, 0.15) is 12.0 Å². The Morgan fingerprint density at radius 1 is 1.71 bits per heavy atom. The van der Waals surface area contributed by atoms with Gasteiger partial charge in [0.2, 0.25) is 5.88 Å². The summed E-state index contributed by atoms with van der Waals surface area (Å²) in [5.74, 6) is 0.299. The number of hydrogen-bond acceptors (Lipinski definition) is 3. The van der Waals surface area contributed by atoms with E-state index in [-0.39, 0.29) is 5.02 Å². The lowest BCUT2D eigenvalue weighted by Crippen LogP contribution is -1.99. The van der Waals surface area contributed by atoms with Crippen molar-refractivity contribution in [3.05, 3.63) is 35.5 Å². The minimum Gasteiger partial charge on any atom is -0.476 e.